The Hall–Kier alpha value is -2.77. The minimum atomic E-state index is -0.264. The Morgan fingerprint density at radius 1 is 1.00 bits per heavy atom. The molecule has 3 aromatic rings. The molecule has 0 spiro atoms. The fourth-order valence-electron chi connectivity index (χ4n) is 3.34. The molecule has 6 nitrogen and oxygen atoms in total. The summed E-state index contributed by atoms with van der Waals surface area (Å²) in [7, 11) is 0. The van der Waals surface area contributed by atoms with Crippen LogP contribution in [0.5, 0.6) is 0 Å². The number of morpholine rings is 1. The van der Waals surface area contributed by atoms with Crippen molar-refractivity contribution >= 4 is 5.82 Å². The number of aromatic nitrogens is 3. The average molecular weight is 367 g/mol. The Morgan fingerprint density at radius 2 is 1.78 bits per heavy atom. The maximum atomic E-state index is 13.3. The van der Waals surface area contributed by atoms with Gasteiger partial charge in [-0.05, 0) is 36.4 Å². The lowest BCUT2D eigenvalue weighted by molar-refractivity contribution is 0.0364. The second kappa shape index (κ2) is 7.85. The van der Waals surface area contributed by atoms with Gasteiger partial charge in [0.15, 0.2) is 0 Å². The SMILES string of the molecule is Nc1cc(-c2c(-c3ccc(F)cc3)ncn2CCN2CCOCC2)ccn1. The van der Waals surface area contributed by atoms with Gasteiger partial charge in [0, 0.05) is 43.5 Å². The molecule has 0 unspecified atom stereocenters. The van der Waals surface area contributed by atoms with Gasteiger partial charge in [-0.15, -0.1) is 0 Å². The number of imidazole rings is 1. The Bertz CT molecular complexity index is 903. The first-order valence-electron chi connectivity index (χ1n) is 9.04. The third kappa shape index (κ3) is 3.99. The molecule has 140 valence electrons. The topological polar surface area (TPSA) is 69.2 Å². The molecule has 2 aromatic heterocycles. The molecular formula is C20H22FN5O. The van der Waals surface area contributed by atoms with E-state index in [1.807, 2.05) is 18.5 Å². The van der Waals surface area contributed by atoms with E-state index in [1.165, 1.54) is 12.1 Å². The summed E-state index contributed by atoms with van der Waals surface area (Å²) in [5.41, 5.74) is 9.48. The number of pyridine rings is 1. The van der Waals surface area contributed by atoms with Gasteiger partial charge in [0.1, 0.15) is 11.6 Å². The van der Waals surface area contributed by atoms with E-state index >= 15 is 0 Å². The zero-order valence-electron chi connectivity index (χ0n) is 15.0. The van der Waals surface area contributed by atoms with Crippen molar-refractivity contribution in [1.82, 2.24) is 19.4 Å². The van der Waals surface area contributed by atoms with Gasteiger partial charge in [0.2, 0.25) is 0 Å². The van der Waals surface area contributed by atoms with Crippen molar-refractivity contribution in [2.45, 2.75) is 6.54 Å². The van der Waals surface area contributed by atoms with Crippen LogP contribution in [0.1, 0.15) is 0 Å². The molecule has 0 radical (unpaired) electrons. The third-order valence-corrected chi connectivity index (χ3v) is 4.77. The van der Waals surface area contributed by atoms with Crippen molar-refractivity contribution in [2.75, 3.05) is 38.6 Å². The summed E-state index contributed by atoms with van der Waals surface area (Å²) in [5, 5.41) is 0. The number of nitrogens with zero attached hydrogens (tertiary/aromatic N) is 4. The number of hydrogen-bond acceptors (Lipinski definition) is 5. The quantitative estimate of drug-likeness (QED) is 0.751. The summed E-state index contributed by atoms with van der Waals surface area (Å²) < 4.78 is 20.9. The summed E-state index contributed by atoms with van der Waals surface area (Å²) in [6.45, 7) is 5.15. The molecule has 1 aliphatic heterocycles. The fraction of sp³-hybridized carbons (Fsp3) is 0.300. The van der Waals surface area contributed by atoms with Gasteiger partial charge in [0.05, 0.1) is 30.9 Å². The van der Waals surface area contributed by atoms with Crippen LogP contribution < -0.4 is 5.73 Å². The second-order valence-electron chi connectivity index (χ2n) is 6.57. The number of benzene rings is 1. The molecule has 3 heterocycles. The van der Waals surface area contributed by atoms with Gasteiger partial charge < -0.3 is 15.0 Å². The third-order valence-electron chi connectivity index (χ3n) is 4.77. The van der Waals surface area contributed by atoms with Gasteiger partial charge in [0.25, 0.3) is 0 Å². The molecule has 0 saturated carbocycles. The fourth-order valence-corrected chi connectivity index (χ4v) is 3.34. The van der Waals surface area contributed by atoms with E-state index in [0.717, 1.165) is 61.9 Å². The minimum Gasteiger partial charge on any atom is -0.384 e. The second-order valence-corrected chi connectivity index (χ2v) is 6.57. The molecule has 0 atom stereocenters. The summed E-state index contributed by atoms with van der Waals surface area (Å²) >= 11 is 0. The first-order valence-corrected chi connectivity index (χ1v) is 9.04. The van der Waals surface area contributed by atoms with Crippen molar-refractivity contribution in [3.05, 3.63) is 54.7 Å². The highest BCUT2D eigenvalue weighted by atomic mass is 19.1. The van der Waals surface area contributed by atoms with E-state index in [0.29, 0.717) is 5.82 Å². The number of rotatable bonds is 5. The molecular weight excluding hydrogens is 345 g/mol. The van der Waals surface area contributed by atoms with Crippen molar-refractivity contribution in [2.24, 2.45) is 0 Å². The standard InChI is InChI=1S/C20H22FN5O/c21-17-3-1-15(2-4-17)19-20(16-5-6-23-18(22)13-16)26(14-24-19)8-7-25-9-11-27-12-10-25/h1-6,13-14H,7-12H2,(H2,22,23). The molecule has 27 heavy (non-hydrogen) atoms. The molecule has 1 saturated heterocycles. The maximum Gasteiger partial charge on any atom is 0.123 e. The molecule has 1 fully saturated rings. The van der Waals surface area contributed by atoms with Crippen molar-refractivity contribution < 1.29 is 9.13 Å². The van der Waals surface area contributed by atoms with Gasteiger partial charge >= 0.3 is 0 Å². The minimum absolute atomic E-state index is 0.264. The van der Waals surface area contributed by atoms with E-state index in [1.54, 1.807) is 18.3 Å². The van der Waals surface area contributed by atoms with Crippen LogP contribution in [-0.2, 0) is 11.3 Å². The van der Waals surface area contributed by atoms with E-state index in [2.05, 4.69) is 19.4 Å². The molecule has 0 amide bonds. The zero-order valence-corrected chi connectivity index (χ0v) is 15.0. The largest absolute Gasteiger partial charge is 0.384 e. The lowest BCUT2D eigenvalue weighted by atomic mass is 10.1. The number of halogens is 1. The van der Waals surface area contributed by atoms with E-state index in [-0.39, 0.29) is 5.82 Å². The summed E-state index contributed by atoms with van der Waals surface area (Å²) in [6, 6.07) is 10.2. The molecule has 2 N–H and O–H groups in total. The summed E-state index contributed by atoms with van der Waals surface area (Å²) in [6.07, 6.45) is 3.53. The molecule has 1 aromatic carbocycles. The van der Waals surface area contributed by atoms with Gasteiger partial charge in [-0.3, -0.25) is 4.90 Å². The number of nitrogens with two attached hydrogens (primary N) is 1. The number of anilines is 1. The number of hydrogen-bond donors (Lipinski definition) is 1. The molecule has 4 rings (SSSR count). The van der Waals surface area contributed by atoms with Crippen LogP contribution in [0.2, 0.25) is 0 Å². The van der Waals surface area contributed by atoms with Crippen LogP contribution in [0, 0.1) is 5.82 Å². The van der Waals surface area contributed by atoms with Crippen LogP contribution in [0.15, 0.2) is 48.9 Å². The zero-order chi connectivity index (χ0) is 18.6. The average Bonchev–Trinajstić information content (AvgIpc) is 3.12. The van der Waals surface area contributed by atoms with Crippen molar-refractivity contribution in [3.63, 3.8) is 0 Å². The molecule has 7 heteroatoms. The predicted molar refractivity (Wildman–Crippen MR) is 103 cm³/mol. The summed E-state index contributed by atoms with van der Waals surface area (Å²) in [5.74, 6) is 0.193. The first-order chi connectivity index (χ1) is 13.2. The van der Waals surface area contributed by atoms with Crippen molar-refractivity contribution in [3.8, 4) is 22.5 Å². The number of nitrogen functional groups attached to an aromatic ring is 1. The highest BCUT2D eigenvalue weighted by Crippen LogP contribution is 2.31. The lowest BCUT2D eigenvalue weighted by Gasteiger charge is -2.26. The van der Waals surface area contributed by atoms with Gasteiger partial charge in [-0.1, -0.05) is 0 Å². The van der Waals surface area contributed by atoms with Crippen LogP contribution in [0.3, 0.4) is 0 Å². The van der Waals surface area contributed by atoms with Crippen LogP contribution in [0.25, 0.3) is 22.5 Å². The normalized spacial score (nSPS) is 15.1. The Kier molecular flexibility index (Phi) is 5.13. The maximum absolute atomic E-state index is 13.3. The molecule has 0 bridgehead atoms. The van der Waals surface area contributed by atoms with Crippen molar-refractivity contribution in [1.29, 1.82) is 0 Å². The van der Waals surface area contributed by atoms with E-state index in [4.69, 9.17) is 10.5 Å². The van der Waals surface area contributed by atoms with Gasteiger partial charge in [-0.2, -0.15) is 0 Å². The Balaban J connectivity index is 1.69. The first kappa shape index (κ1) is 17.6. The predicted octanol–water partition coefficient (Wildman–Crippen LogP) is 2.67. The van der Waals surface area contributed by atoms with E-state index in [9.17, 15) is 4.39 Å². The monoisotopic (exact) mass is 367 g/mol. The Labute approximate surface area is 157 Å². The molecule has 1 aliphatic rings. The highest BCUT2D eigenvalue weighted by Gasteiger charge is 2.17. The molecule has 0 aliphatic carbocycles. The summed E-state index contributed by atoms with van der Waals surface area (Å²) in [4.78, 5) is 11.1. The van der Waals surface area contributed by atoms with Crippen LogP contribution in [0.4, 0.5) is 10.2 Å². The Morgan fingerprint density at radius 3 is 2.52 bits per heavy atom. The van der Waals surface area contributed by atoms with Crippen LogP contribution >= 0.6 is 0 Å². The van der Waals surface area contributed by atoms with Crippen LogP contribution in [-0.4, -0.2) is 52.3 Å². The number of ether oxygens (including phenoxy) is 1. The highest BCUT2D eigenvalue weighted by molar-refractivity contribution is 5.79. The smallest absolute Gasteiger partial charge is 0.123 e. The lowest BCUT2D eigenvalue weighted by Crippen LogP contribution is -2.38. The van der Waals surface area contributed by atoms with Gasteiger partial charge in [-0.25, -0.2) is 14.4 Å². The van der Waals surface area contributed by atoms with E-state index < -0.39 is 0 Å².